The molecule has 5 heteroatoms. The first-order chi connectivity index (χ1) is 9.54. The molecule has 1 aliphatic carbocycles. The summed E-state index contributed by atoms with van der Waals surface area (Å²) in [5.74, 6) is 1.60. The Morgan fingerprint density at radius 3 is 2.75 bits per heavy atom. The Labute approximate surface area is 128 Å². The largest absolute Gasteiger partial charge is 0.369 e. The van der Waals surface area contributed by atoms with Crippen molar-refractivity contribution in [3.05, 3.63) is 16.2 Å². The summed E-state index contributed by atoms with van der Waals surface area (Å²) in [5, 5.41) is 4.96. The maximum absolute atomic E-state index is 6.05. The Balaban J connectivity index is 1.88. The van der Waals surface area contributed by atoms with Crippen LogP contribution in [0, 0.1) is 11.3 Å². The molecule has 0 aromatic carbocycles. The summed E-state index contributed by atoms with van der Waals surface area (Å²) in [4.78, 5) is 11.0. The number of nitrogens with zero attached hydrogens (tertiary/aromatic N) is 2. The highest BCUT2D eigenvalue weighted by Gasteiger charge is 2.45. The third-order valence-corrected chi connectivity index (χ3v) is 5.83. The molecular weight excluding hydrogens is 290 g/mol. The molecule has 3 rings (SSSR count). The SMILES string of the molecule is CCc1cc2c(NCC3(C(C)C)CC3)nc(Cl)nc2s1. The molecule has 0 aliphatic heterocycles. The van der Waals surface area contributed by atoms with Crippen LogP contribution in [0.15, 0.2) is 6.07 Å². The molecule has 2 aromatic heterocycles. The zero-order chi connectivity index (χ0) is 14.3. The maximum atomic E-state index is 6.05. The Kier molecular flexibility index (Phi) is 3.63. The van der Waals surface area contributed by atoms with E-state index in [1.54, 1.807) is 11.3 Å². The monoisotopic (exact) mass is 309 g/mol. The van der Waals surface area contributed by atoms with Crippen LogP contribution in [0.1, 0.15) is 38.5 Å². The van der Waals surface area contributed by atoms with E-state index in [-0.39, 0.29) is 0 Å². The molecular formula is C15H20ClN3S. The van der Waals surface area contributed by atoms with Gasteiger partial charge in [0.25, 0.3) is 0 Å². The first kappa shape index (κ1) is 14.1. The van der Waals surface area contributed by atoms with E-state index in [0.717, 1.165) is 29.0 Å². The number of hydrogen-bond acceptors (Lipinski definition) is 4. The maximum Gasteiger partial charge on any atom is 0.225 e. The molecule has 0 amide bonds. The lowest BCUT2D eigenvalue weighted by Gasteiger charge is -2.20. The van der Waals surface area contributed by atoms with Crippen molar-refractivity contribution in [3.8, 4) is 0 Å². The van der Waals surface area contributed by atoms with E-state index in [4.69, 9.17) is 11.6 Å². The van der Waals surface area contributed by atoms with Gasteiger partial charge >= 0.3 is 0 Å². The minimum atomic E-state index is 0.332. The van der Waals surface area contributed by atoms with Gasteiger partial charge in [-0.25, -0.2) is 9.97 Å². The van der Waals surface area contributed by atoms with E-state index in [9.17, 15) is 0 Å². The molecule has 108 valence electrons. The average Bonchev–Trinajstić information content (AvgIpc) is 3.09. The van der Waals surface area contributed by atoms with E-state index in [0.29, 0.717) is 16.6 Å². The lowest BCUT2D eigenvalue weighted by atomic mass is 9.92. The van der Waals surface area contributed by atoms with Gasteiger partial charge in [-0.1, -0.05) is 20.8 Å². The van der Waals surface area contributed by atoms with Crippen LogP contribution in [-0.2, 0) is 6.42 Å². The second kappa shape index (κ2) is 5.15. The van der Waals surface area contributed by atoms with Crippen molar-refractivity contribution in [1.82, 2.24) is 9.97 Å². The van der Waals surface area contributed by atoms with Crippen molar-refractivity contribution in [1.29, 1.82) is 0 Å². The number of fused-ring (bicyclic) bond motifs is 1. The molecule has 0 bridgehead atoms. The zero-order valence-electron chi connectivity index (χ0n) is 12.2. The van der Waals surface area contributed by atoms with Crippen LogP contribution in [0.3, 0.4) is 0 Å². The fraction of sp³-hybridized carbons (Fsp3) is 0.600. The molecule has 0 atom stereocenters. The zero-order valence-corrected chi connectivity index (χ0v) is 13.7. The molecule has 1 aliphatic rings. The number of rotatable bonds is 5. The van der Waals surface area contributed by atoms with Crippen molar-refractivity contribution in [3.63, 3.8) is 0 Å². The van der Waals surface area contributed by atoms with Crippen molar-refractivity contribution >= 4 is 39.0 Å². The number of thiophene rings is 1. The summed E-state index contributed by atoms with van der Waals surface area (Å²) in [6, 6.07) is 2.19. The molecule has 0 saturated heterocycles. The van der Waals surface area contributed by atoms with Crippen molar-refractivity contribution in [2.75, 3.05) is 11.9 Å². The number of nitrogens with one attached hydrogen (secondary N) is 1. The summed E-state index contributed by atoms with van der Waals surface area (Å²) >= 11 is 7.75. The van der Waals surface area contributed by atoms with E-state index in [1.165, 1.54) is 17.7 Å². The van der Waals surface area contributed by atoms with Gasteiger partial charge in [0.05, 0.1) is 5.39 Å². The lowest BCUT2D eigenvalue weighted by Crippen LogP contribution is -2.21. The van der Waals surface area contributed by atoms with E-state index in [1.807, 2.05) is 0 Å². The highest BCUT2D eigenvalue weighted by Crippen LogP contribution is 2.51. The third kappa shape index (κ3) is 2.51. The van der Waals surface area contributed by atoms with Gasteiger partial charge in [-0.3, -0.25) is 0 Å². The second-order valence-corrected chi connectivity index (χ2v) is 7.45. The minimum Gasteiger partial charge on any atom is -0.369 e. The summed E-state index contributed by atoms with van der Waals surface area (Å²) in [6.07, 6.45) is 3.64. The van der Waals surface area contributed by atoms with Gasteiger partial charge in [0.1, 0.15) is 10.6 Å². The van der Waals surface area contributed by atoms with Crippen LogP contribution in [-0.4, -0.2) is 16.5 Å². The highest BCUT2D eigenvalue weighted by atomic mass is 35.5. The fourth-order valence-electron chi connectivity index (χ4n) is 2.63. The predicted octanol–water partition coefficient (Wildman–Crippen LogP) is 4.76. The standard InChI is InChI=1S/C15H20ClN3S/c1-4-10-7-11-12(18-14(16)19-13(11)20-10)17-8-15(5-6-15)9(2)3/h7,9H,4-6,8H2,1-3H3,(H,17,18,19). The van der Waals surface area contributed by atoms with E-state index in [2.05, 4.69) is 42.1 Å². The second-order valence-electron chi connectivity index (χ2n) is 6.00. The van der Waals surface area contributed by atoms with Crippen molar-refractivity contribution in [2.45, 2.75) is 40.0 Å². The van der Waals surface area contributed by atoms with Crippen LogP contribution in [0.4, 0.5) is 5.82 Å². The molecule has 2 heterocycles. The topological polar surface area (TPSA) is 37.8 Å². The molecule has 0 radical (unpaired) electrons. The van der Waals surface area contributed by atoms with Crippen molar-refractivity contribution in [2.24, 2.45) is 11.3 Å². The van der Waals surface area contributed by atoms with Gasteiger partial charge in [0, 0.05) is 11.4 Å². The van der Waals surface area contributed by atoms with Crippen LogP contribution < -0.4 is 5.32 Å². The number of aryl methyl sites for hydroxylation is 1. The summed E-state index contributed by atoms with van der Waals surface area (Å²) in [5.41, 5.74) is 0.452. The Morgan fingerprint density at radius 2 is 2.15 bits per heavy atom. The minimum absolute atomic E-state index is 0.332. The number of hydrogen-bond donors (Lipinski definition) is 1. The molecule has 0 spiro atoms. The first-order valence-electron chi connectivity index (χ1n) is 7.24. The van der Waals surface area contributed by atoms with Gasteiger partial charge in [-0.15, -0.1) is 11.3 Å². The fourth-order valence-corrected chi connectivity index (χ4v) is 3.82. The first-order valence-corrected chi connectivity index (χ1v) is 8.43. The molecule has 1 N–H and O–H groups in total. The highest BCUT2D eigenvalue weighted by molar-refractivity contribution is 7.18. The lowest BCUT2D eigenvalue weighted by molar-refractivity contribution is 0.380. The number of halogens is 1. The molecule has 1 fully saturated rings. The molecule has 3 nitrogen and oxygen atoms in total. The Morgan fingerprint density at radius 1 is 1.40 bits per heavy atom. The van der Waals surface area contributed by atoms with Gasteiger partial charge in [-0.05, 0) is 48.3 Å². The van der Waals surface area contributed by atoms with Crippen LogP contribution in [0.2, 0.25) is 5.28 Å². The Bertz CT molecular complexity index is 631. The van der Waals surface area contributed by atoms with Crippen molar-refractivity contribution < 1.29 is 0 Å². The van der Waals surface area contributed by atoms with E-state index < -0.39 is 0 Å². The normalized spacial score (nSPS) is 16.9. The number of aromatic nitrogens is 2. The van der Waals surface area contributed by atoms with Gasteiger partial charge in [0.2, 0.25) is 5.28 Å². The Hall–Kier alpha value is -0.870. The molecule has 0 unspecified atom stereocenters. The van der Waals surface area contributed by atoms with E-state index >= 15 is 0 Å². The summed E-state index contributed by atoms with van der Waals surface area (Å²) in [6.45, 7) is 7.74. The van der Waals surface area contributed by atoms with Crippen LogP contribution in [0.25, 0.3) is 10.2 Å². The van der Waals surface area contributed by atoms with Crippen LogP contribution >= 0.6 is 22.9 Å². The predicted molar refractivity (Wildman–Crippen MR) is 86.8 cm³/mol. The third-order valence-electron chi connectivity index (χ3n) is 4.49. The van der Waals surface area contributed by atoms with Gasteiger partial charge < -0.3 is 5.32 Å². The molecule has 20 heavy (non-hydrogen) atoms. The van der Waals surface area contributed by atoms with Gasteiger partial charge in [-0.2, -0.15) is 0 Å². The quantitative estimate of drug-likeness (QED) is 0.809. The average molecular weight is 310 g/mol. The molecule has 1 saturated carbocycles. The number of anilines is 1. The summed E-state index contributed by atoms with van der Waals surface area (Å²) in [7, 11) is 0. The smallest absolute Gasteiger partial charge is 0.225 e. The van der Waals surface area contributed by atoms with Gasteiger partial charge in [0.15, 0.2) is 0 Å². The van der Waals surface area contributed by atoms with Crippen LogP contribution in [0.5, 0.6) is 0 Å². The molecule has 2 aromatic rings. The summed E-state index contributed by atoms with van der Waals surface area (Å²) < 4.78 is 0.